The van der Waals surface area contributed by atoms with Gasteiger partial charge in [-0.25, -0.2) is 4.98 Å². The van der Waals surface area contributed by atoms with Crippen molar-refractivity contribution in [2.75, 3.05) is 4.90 Å². The molecule has 0 saturated carbocycles. The van der Waals surface area contributed by atoms with E-state index in [1.165, 1.54) is 36.8 Å². The van der Waals surface area contributed by atoms with Crippen LogP contribution in [0.3, 0.4) is 0 Å². The molecule has 0 aliphatic carbocycles. The highest BCUT2D eigenvalue weighted by Gasteiger charge is 2.40. The van der Waals surface area contributed by atoms with Gasteiger partial charge in [0.05, 0.1) is 12.3 Å². The summed E-state index contributed by atoms with van der Waals surface area (Å²) in [5.41, 5.74) is 3.42. The van der Waals surface area contributed by atoms with Crippen molar-refractivity contribution < 1.29 is 5.11 Å². The number of nitrogens with one attached hydrogen (secondary N) is 1. The Kier molecular flexibility index (Phi) is 2.35. The number of aromatic nitrogens is 1. The Bertz CT molecular complexity index is 468. The highest BCUT2D eigenvalue weighted by Crippen LogP contribution is 2.41. The number of anilines is 1. The zero-order chi connectivity index (χ0) is 12.1. The third-order valence-electron chi connectivity index (χ3n) is 4.77. The minimum atomic E-state index is 0.0566. The zero-order valence-electron chi connectivity index (χ0n) is 10.5. The lowest BCUT2D eigenvalue weighted by atomic mass is 10.0. The number of pyridine rings is 1. The van der Waals surface area contributed by atoms with Gasteiger partial charge in [0.15, 0.2) is 0 Å². The topological polar surface area (TPSA) is 48.4 Å². The van der Waals surface area contributed by atoms with Crippen LogP contribution in [0.25, 0.3) is 0 Å². The number of nitrogens with zero attached hydrogens (tertiary/aromatic N) is 2. The Morgan fingerprint density at radius 2 is 1.94 bits per heavy atom. The fourth-order valence-corrected chi connectivity index (χ4v) is 3.91. The summed E-state index contributed by atoms with van der Waals surface area (Å²) in [5.74, 6) is 1.10. The molecule has 0 spiro atoms. The van der Waals surface area contributed by atoms with Crippen molar-refractivity contribution in [1.82, 2.24) is 10.3 Å². The molecule has 0 atom stereocenters. The van der Waals surface area contributed by atoms with Crippen LogP contribution in [0.15, 0.2) is 6.07 Å². The van der Waals surface area contributed by atoms with Gasteiger partial charge >= 0.3 is 0 Å². The maximum atomic E-state index is 9.51. The van der Waals surface area contributed by atoms with E-state index in [2.05, 4.69) is 16.3 Å². The number of hydrogen-bond acceptors (Lipinski definition) is 4. The Balaban J connectivity index is 1.77. The van der Waals surface area contributed by atoms with Crippen LogP contribution in [0.4, 0.5) is 5.82 Å². The lowest BCUT2D eigenvalue weighted by Gasteiger charge is -2.24. The largest absolute Gasteiger partial charge is 0.390 e. The SMILES string of the molecule is OCc1nc(N2C3CCC2CC3)cc2c1CNC2. The van der Waals surface area contributed by atoms with Crippen LogP contribution in [-0.2, 0) is 19.7 Å². The monoisotopic (exact) mass is 245 g/mol. The Morgan fingerprint density at radius 1 is 1.22 bits per heavy atom. The summed E-state index contributed by atoms with van der Waals surface area (Å²) in [6, 6.07) is 3.63. The van der Waals surface area contributed by atoms with Gasteiger partial charge in [-0.2, -0.15) is 0 Å². The predicted octanol–water partition coefficient (Wildman–Crippen LogP) is 1.31. The lowest BCUT2D eigenvalue weighted by molar-refractivity contribution is 0.275. The molecule has 18 heavy (non-hydrogen) atoms. The molecule has 2 saturated heterocycles. The van der Waals surface area contributed by atoms with E-state index in [1.807, 2.05) is 0 Å². The Hall–Kier alpha value is -1.13. The van der Waals surface area contributed by atoms with Crippen molar-refractivity contribution >= 4 is 5.82 Å². The van der Waals surface area contributed by atoms with E-state index in [1.54, 1.807) is 0 Å². The molecule has 2 bridgehead atoms. The second-order valence-corrected chi connectivity index (χ2v) is 5.70. The number of fused-ring (bicyclic) bond motifs is 3. The first-order valence-electron chi connectivity index (χ1n) is 6.98. The van der Waals surface area contributed by atoms with Crippen molar-refractivity contribution in [2.45, 2.75) is 57.5 Å². The van der Waals surface area contributed by atoms with E-state index < -0.39 is 0 Å². The Labute approximate surface area is 107 Å². The fourth-order valence-electron chi connectivity index (χ4n) is 3.91. The van der Waals surface area contributed by atoms with Crippen LogP contribution in [0, 0.1) is 0 Å². The summed E-state index contributed by atoms with van der Waals surface area (Å²) in [6.07, 6.45) is 5.26. The molecule has 4 rings (SSSR count). The summed E-state index contributed by atoms with van der Waals surface area (Å²) in [7, 11) is 0. The smallest absolute Gasteiger partial charge is 0.129 e. The van der Waals surface area contributed by atoms with Gasteiger partial charge in [-0.15, -0.1) is 0 Å². The highest BCUT2D eigenvalue weighted by molar-refractivity contribution is 5.51. The molecule has 2 fully saturated rings. The number of rotatable bonds is 2. The molecule has 0 amide bonds. The first kappa shape index (κ1) is 10.8. The molecule has 4 heteroatoms. The van der Waals surface area contributed by atoms with E-state index in [4.69, 9.17) is 4.98 Å². The molecular formula is C14H19N3O. The van der Waals surface area contributed by atoms with Gasteiger partial charge in [0, 0.05) is 25.2 Å². The second-order valence-electron chi connectivity index (χ2n) is 5.70. The number of aliphatic hydroxyl groups is 1. The predicted molar refractivity (Wildman–Crippen MR) is 69.2 cm³/mol. The molecule has 0 aromatic carbocycles. The maximum Gasteiger partial charge on any atom is 0.129 e. The minimum Gasteiger partial charge on any atom is -0.390 e. The highest BCUT2D eigenvalue weighted by atomic mass is 16.3. The van der Waals surface area contributed by atoms with Gasteiger partial charge in [0.1, 0.15) is 5.82 Å². The molecule has 1 aromatic rings. The molecule has 3 aliphatic rings. The molecule has 3 aliphatic heterocycles. The summed E-state index contributed by atoms with van der Waals surface area (Å²) < 4.78 is 0. The standard InChI is InChI=1S/C14H19N3O/c18-8-13-12-7-15-6-9(12)5-14(16-13)17-10-1-2-11(17)4-3-10/h5,10-11,15,18H,1-4,6-8H2. The number of aliphatic hydroxyl groups excluding tert-OH is 1. The zero-order valence-corrected chi connectivity index (χ0v) is 10.5. The van der Waals surface area contributed by atoms with E-state index >= 15 is 0 Å². The van der Waals surface area contributed by atoms with Crippen molar-refractivity contribution in [3.63, 3.8) is 0 Å². The van der Waals surface area contributed by atoms with E-state index in [-0.39, 0.29) is 6.61 Å². The quantitative estimate of drug-likeness (QED) is 0.825. The van der Waals surface area contributed by atoms with Gasteiger partial charge in [-0.05, 0) is 42.9 Å². The molecule has 96 valence electrons. The van der Waals surface area contributed by atoms with Crippen LogP contribution in [0.1, 0.15) is 42.5 Å². The van der Waals surface area contributed by atoms with Gasteiger partial charge in [-0.3, -0.25) is 0 Å². The molecule has 2 N–H and O–H groups in total. The van der Waals surface area contributed by atoms with Crippen molar-refractivity contribution in [3.05, 3.63) is 22.9 Å². The van der Waals surface area contributed by atoms with Gasteiger partial charge in [0.2, 0.25) is 0 Å². The Morgan fingerprint density at radius 3 is 2.61 bits per heavy atom. The normalized spacial score (nSPS) is 29.1. The fraction of sp³-hybridized carbons (Fsp3) is 0.643. The molecule has 4 heterocycles. The van der Waals surface area contributed by atoms with E-state index in [0.717, 1.165) is 24.6 Å². The van der Waals surface area contributed by atoms with Crippen molar-refractivity contribution in [1.29, 1.82) is 0 Å². The van der Waals surface area contributed by atoms with Gasteiger partial charge < -0.3 is 15.3 Å². The summed E-state index contributed by atoms with van der Waals surface area (Å²) in [4.78, 5) is 7.23. The average Bonchev–Trinajstić information content (AvgIpc) is 3.11. The third-order valence-corrected chi connectivity index (χ3v) is 4.77. The van der Waals surface area contributed by atoms with Gasteiger partial charge in [0.25, 0.3) is 0 Å². The van der Waals surface area contributed by atoms with E-state index in [9.17, 15) is 5.11 Å². The van der Waals surface area contributed by atoms with Crippen molar-refractivity contribution in [3.8, 4) is 0 Å². The summed E-state index contributed by atoms with van der Waals surface area (Å²) in [5, 5.41) is 12.9. The molecule has 0 unspecified atom stereocenters. The first-order chi connectivity index (χ1) is 8.86. The first-order valence-corrected chi connectivity index (χ1v) is 6.98. The third kappa shape index (κ3) is 1.42. The van der Waals surface area contributed by atoms with Crippen molar-refractivity contribution in [2.24, 2.45) is 0 Å². The minimum absolute atomic E-state index is 0.0566. The summed E-state index contributed by atoms with van der Waals surface area (Å²) in [6.45, 7) is 1.83. The van der Waals surface area contributed by atoms with Crippen LogP contribution in [-0.4, -0.2) is 22.2 Å². The maximum absolute atomic E-state index is 9.51. The lowest BCUT2D eigenvalue weighted by Crippen LogP contribution is -2.29. The van der Waals surface area contributed by atoms with Crippen LogP contribution in [0.2, 0.25) is 0 Å². The summed E-state index contributed by atoms with van der Waals surface area (Å²) >= 11 is 0. The molecule has 0 radical (unpaired) electrons. The molecule has 4 nitrogen and oxygen atoms in total. The molecule has 1 aromatic heterocycles. The van der Waals surface area contributed by atoms with E-state index in [0.29, 0.717) is 12.1 Å². The van der Waals surface area contributed by atoms with Crippen LogP contribution in [0.5, 0.6) is 0 Å². The van der Waals surface area contributed by atoms with Crippen LogP contribution >= 0.6 is 0 Å². The van der Waals surface area contributed by atoms with Gasteiger partial charge in [-0.1, -0.05) is 0 Å². The average molecular weight is 245 g/mol. The number of hydrogen-bond donors (Lipinski definition) is 2. The molecular weight excluding hydrogens is 226 g/mol. The second kappa shape index (κ2) is 3.93. The van der Waals surface area contributed by atoms with Crippen LogP contribution < -0.4 is 10.2 Å².